The van der Waals surface area contributed by atoms with Crippen LogP contribution >= 0.6 is 11.6 Å². The lowest BCUT2D eigenvalue weighted by Gasteiger charge is -2.09. The Labute approximate surface area is 137 Å². The molecule has 3 heterocycles. The molecular formula is C17H13ClN4O. The number of pyridine rings is 1. The first-order chi connectivity index (χ1) is 11.0. The summed E-state index contributed by atoms with van der Waals surface area (Å²) < 4.78 is 1.93. The van der Waals surface area contributed by atoms with Crippen LogP contribution in [0, 0.1) is 13.8 Å². The summed E-state index contributed by atoms with van der Waals surface area (Å²) in [5.74, 6) is 0.771. The molecule has 0 saturated heterocycles. The van der Waals surface area contributed by atoms with Crippen LogP contribution in [-0.2, 0) is 0 Å². The first kappa shape index (κ1) is 14.0. The normalized spacial score (nSPS) is 11.4. The maximum Gasteiger partial charge on any atom is 0.165 e. The Balaban J connectivity index is 2.16. The van der Waals surface area contributed by atoms with E-state index in [-0.39, 0.29) is 5.75 Å². The van der Waals surface area contributed by atoms with Gasteiger partial charge in [0.25, 0.3) is 0 Å². The van der Waals surface area contributed by atoms with Crippen molar-refractivity contribution < 1.29 is 5.11 Å². The molecule has 5 nitrogen and oxygen atoms in total. The molecule has 3 aromatic heterocycles. The molecule has 0 aliphatic rings. The number of fused-ring (bicyclic) bond motifs is 3. The number of imidazole rings is 1. The fraction of sp³-hybridized carbons (Fsp3) is 0.118. The molecule has 114 valence electrons. The summed E-state index contributed by atoms with van der Waals surface area (Å²) in [5, 5.41) is 10.3. The number of halogens is 1. The highest BCUT2D eigenvalue weighted by Gasteiger charge is 2.16. The third-order valence-electron chi connectivity index (χ3n) is 3.81. The van der Waals surface area contributed by atoms with Crippen LogP contribution in [0.1, 0.15) is 11.3 Å². The molecule has 0 spiro atoms. The Bertz CT molecular complexity index is 1070. The average Bonchev–Trinajstić information content (AvgIpc) is 2.95. The Kier molecular flexibility index (Phi) is 2.99. The number of nitrogens with zero attached hydrogens (tertiary/aromatic N) is 4. The Morgan fingerprint density at radius 1 is 1.09 bits per heavy atom. The lowest BCUT2D eigenvalue weighted by atomic mass is 10.2. The summed E-state index contributed by atoms with van der Waals surface area (Å²) in [4.78, 5) is 13.6. The van der Waals surface area contributed by atoms with Gasteiger partial charge in [-0.25, -0.2) is 15.0 Å². The predicted molar refractivity (Wildman–Crippen MR) is 89.9 cm³/mol. The molecule has 0 atom stereocenters. The van der Waals surface area contributed by atoms with Crippen molar-refractivity contribution in [2.75, 3.05) is 0 Å². The van der Waals surface area contributed by atoms with Crippen molar-refractivity contribution in [2.24, 2.45) is 0 Å². The first-order valence-corrected chi connectivity index (χ1v) is 7.51. The Morgan fingerprint density at radius 2 is 1.91 bits per heavy atom. The molecule has 0 aliphatic heterocycles. The number of aromatic nitrogens is 4. The molecule has 23 heavy (non-hydrogen) atoms. The molecule has 0 unspecified atom stereocenters. The van der Waals surface area contributed by atoms with E-state index in [9.17, 15) is 5.11 Å². The quantitative estimate of drug-likeness (QED) is 0.576. The van der Waals surface area contributed by atoms with E-state index in [1.54, 1.807) is 30.6 Å². The molecule has 4 rings (SSSR count). The number of aryl methyl sites for hydroxylation is 2. The van der Waals surface area contributed by atoms with Crippen molar-refractivity contribution in [1.82, 2.24) is 19.4 Å². The van der Waals surface area contributed by atoms with Crippen LogP contribution in [0.2, 0.25) is 5.02 Å². The Hall–Kier alpha value is -2.66. The van der Waals surface area contributed by atoms with Gasteiger partial charge in [0.05, 0.1) is 22.4 Å². The van der Waals surface area contributed by atoms with Gasteiger partial charge in [-0.05, 0) is 43.7 Å². The number of benzene rings is 1. The molecule has 0 aliphatic carbocycles. The number of aromatic hydroxyl groups is 1. The van der Waals surface area contributed by atoms with Crippen molar-refractivity contribution in [3.8, 4) is 17.1 Å². The van der Waals surface area contributed by atoms with Crippen molar-refractivity contribution in [1.29, 1.82) is 0 Å². The molecule has 4 aromatic rings. The van der Waals surface area contributed by atoms with Crippen molar-refractivity contribution in [3.05, 3.63) is 52.9 Å². The van der Waals surface area contributed by atoms with Crippen LogP contribution in [-0.4, -0.2) is 24.5 Å². The maximum absolute atomic E-state index is 9.79. The van der Waals surface area contributed by atoms with Crippen LogP contribution in [0.15, 0.2) is 36.7 Å². The second-order valence-electron chi connectivity index (χ2n) is 5.52. The van der Waals surface area contributed by atoms with Gasteiger partial charge in [0.15, 0.2) is 5.65 Å². The van der Waals surface area contributed by atoms with E-state index in [1.807, 2.05) is 24.3 Å². The first-order valence-electron chi connectivity index (χ1n) is 7.14. The number of hydrogen-bond acceptors (Lipinski definition) is 4. The third-order valence-corrected chi connectivity index (χ3v) is 4.14. The second-order valence-corrected chi connectivity index (χ2v) is 5.93. The Morgan fingerprint density at radius 3 is 2.74 bits per heavy atom. The minimum absolute atomic E-state index is 0.139. The van der Waals surface area contributed by atoms with E-state index in [2.05, 4.69) is 15.0 Å². The fourth-order valence-electron chi connectivity index (χ4n) is 2.74. The van der Waals surface area contributed by atoms with E-state index in [0.29, 0.717) is 22.1 Å². The van der Waals surface area contributed by atoms with E-state index >= 15 is 0 Å². The SMILES string of the molecule is Cc1cnc2c(c1)nc(C)c1cnc(-c3cc(O)ccc3Cl)n12. The zero-order valence-corrected chi connectivity index (χ0v) is 13.3. The van der Waals surface area contributed by atoms with E-state index < -0.39 is 0 Å². The van der Waals surface area contributed by atoms with Gasteiger partial charge < -0.3 is 5.11 Å². The van der Waals surface area contributed by atoms with Crippen LogP contribution in [0.4, 0.5) is 0 Å². The highest BCUT2D eigenvalue weighted by atomic mass is 35.5. The molecule has 0 bridgehead atoms. The summed E-state index contributed by atoms with van der Waals surface area (Å²) in [7, 11) is 0. The molecule has 1 aromatic carbocycles. The summed E-state index contributed by atoms with van der Waals surface area (Å²) >= 11 is 6.30. The molecule has 0 radical (unpaired) electrons. The largest absolute Gasteiger partial charge is 0.508 e. The highest BCUT2D eigenvalue weighted by Crippen LogP contribution is 2.32. The van der Waals surface area contributed by atoms with Gasteiger partial charge in [-0.15, -0.1) is 0 Å². The van der Waals surface area contributed by atoms with Crippen LogP contribution < -0.4 is 0 Å². The number of phenolic OH excluding ortho intramolecular Hbond substituents is 1. The van der Waals surface area contributed by atoms with Crippen molar-refractivity contribution in [3.63, 3.8) is 0 Å². The minimum atomic E-state index is 0.139. The number of hydrogen-bond donors (Lipinski definition) is 1. The van der Waals surface area contributed by atoms with Gasteiger partial charge >= 0.3 is 0 Å². The van der Waals surface area contributed by atoms with Gasteiger partial charge in [0, 0.05) is 11.8 Å². The van der Waals surface area contributed by atoms with Gasteiger partial charge in [-0.1, -0.05) is 11.6 Å². The highest BCUT2D eigenvalue weighted by molar-refractivity contribution is 6.33. The summed E-state index contributed by atoms with van der Waals surface area (Å²) in [6.07, 6.45) is 3.55. The smallest absolute Gasteiger partial charge is 0.165 e. The van der Waals surface area contributed by atoms with E-state index in [0.717, 1.165) is 22.3 Å². The number of phenols is 1. The minimum Gasteiger partial charge on any atom is -0.508 e. The summed E-state index contributed by atoms with van der Waals surface area (Å²) in [6, 6.07) is 6.80. The van der Waals surface area contributed by atoms with Gasteiger partial charge in [-0.2, -0.15) is 0 Å². The molecule has 0 fully saturated rings. The van der Waals surface area contributed by atoms with Crippen molar-refractivity contribution in [2.45, 2.75) is 13.8 Å². The van der Waals surface area contributed by atoms with Gasteiger partial charge in [0.2, 0.25) is 0 Å². The van der Waals surface area contributed by atoms with Gasteiger partial charge in [0.1, 0.15) is 17.1 Å². The molecule has 0 saturated carbocycles. The topological polar surface area (TPSA) is 63.3 Å². The molecule has 6 heteroatoms. The second kappa shape index (κ2) is 4.93. The lowest BCUT2D eigenvalue weighted by Crippen LogP contribution is -1.99. The molecule has 0 amide bonds. The van der Waals surface area contributed by atoms with E-state index in [1.165, 1.54) is 0 Å². The average molecular weight is 325 g/mol. The summed E-state index contributed by atoms with van der Waals surface area (Å²) in [6.45, 7) is 3.92. The third kappa shape index (κ3) is 2.12. The van der Waals surface area contributed by atoms with E-state index in [4.69, 9.17) is 11.6 Å². The zero-order chi connectivity index (χ0) is 16.1. The van der Waals surface area contributed by atoms with Crippen LogP contribution in [0.25, 0.3) is 28.1 Å². The van der Waals surface area contributed by atoms with Crippen LogP contribution in [0.3, 0.4) is 0 Å². The zero-order valence-electron chi connectivity index (χ0n) is 12.6. The fourth-order valence-corrected chi connectivity index (χ4v) is 2.94. The van der Waals surface area contributed by atoms with Crippen molar-refractivity contribution >= 4 is 28.3 Å². The monoisotopic (exact) mass is 324 g/mol. The standard InChI is InChI=1S/C17H13ClN4O/c1-9-5-14-17(19-7-9)22-15(10(2)21-14)8-20-16(22)12-6-11(23)3-4-13(12)18/h3-8,23H,1-2H3. The molecular weight excluding hydrogens is 312 g/mol. The van der Waals surface area contributed by atoms with Crippen LogP contribution in [0.5, 0.6) is 5.75 Å². The lowest BCUT2D eigenvalue weighted by molar-refractivity contribution is 0.475. The van der Waals surface area contributed by atoms with Gasteiger partial charge in [-0.3, -0.25) is 4.40 Å². The predicted octanol–water partition coefficient (Wildman–Crippen LogP) is 3.92. The number of rotatable bonds is 1. The maximum atomic E-state index is 9.79. The molecule has 1 N–H and O–H groups in total. The summed E-state index contributed by atoms with van der Waals surface area (Å²) in [5.41, 5.74) is 4.93.